The van der Waals surface area contributed by atoms with Gasteiger partial charge in [0.25, 0.3) is 0 Å². The molecule has 1 aromatic carbocycles. The molecule has 21 heavy (non-hydrogen) atoms. The number of Topliss-reactive ketones (excluding diaryl/α,β-unsaturated/α-hetero) is 1. The maximum atomic E-state index is 11.9. The molecule has 1 N–H and O–H groups in total. The molecule has 1 amide bonds. The molecule has 0 aliphatic rings. The van der Waals surface area contributed by atoms with Gasteiger partial charge in [-0.2, -0.15) is 0 Å². The van der Waals surface area contributed by atoms with Gasteiger partial charge in [0.15, 0.2) is 5.78 Å². The van der Waals surface area contributed by atoms with Crippen LogP contribution in [-0.4, -0.2) is 11.7 Å². The van der Waals surface area contributed by atoms with Crippen molar-refractivity contribution in [1.29, 1.82) is 0 Å². The zero-order chi connectivity index (χ0) is 15.4. The Morgan fingerprint density at radius 2 is 1.95 bits per heavy atom. The van der Waals surface area contributed by atoms with Gasteiger partial charge in [0, 0.05) is 18.5 Å². The summed E-state index contributed by atoms with van der Waals surface area (Å²) >= 11 is 0. The van der Waals surface area contributed by atoms with Gasteiger partial charge < -0.3 is 9.73 Å². The number of amides is 1. The highest BCUT2D eigenvalue weighted by molar-refractivity contribution is 5.95. The predicted octanol–water partition coefficient (Wildman–Crippen LogP) is 3.67. The van der Waals surface area contributed by atoms with E-state index in [9.17, 15) is 9.59 Å². The van der Waals surface area contributed by atoms with Gasteiger partial charge in [-0.3, -0.25) is 9.59 Å². The smallest absolute Gasteiger partial charge is 0.224 e. The Morgan fingerprint density at radius 1 is 1.19 bits per heavy atom. The molecular weight excluding hydrogens is 266 g/mol. The van der Waals surface area contributed by atoms with Crippen molar-refractivity contribution < 1.29 is 14.0 Å². The van der Waals surface area contributed by atoms with E-state index in [1.807, 2.05) is 31.2 Å². The molecule has 0 radical (unpaired) electrons. The van der Waals surface area contributed by atoms with Crippen LogP contribution >= 0.6 is 0 Å². The Kier molecular flexibility index (Phi) is 4.58. The summed E-state index contributed by atoms with van der Waals surface area (Å²) in [5, 5.41) is 2.85. The first-order valence-corrected chi connectivity index (χ1v) is 6.92. The van der Waals surface area contributed by atoms with Crippen LogP contribution in [0, 0.1) is 13.8 Å². The zero-order valence-electron chi connectivity index (χ0n) is 12.5. The molecule has 2 aromatic rings. The van der Waals surface area contributed by atoms with Crippen molar-refractivity contribution >= 4 is 17.4 Å². The molecule has 4 nitrogen and oxygen atoms in total. The third kappa shape index (κ3) is 4.05. The first-order valence-electron chi connectivity index (χ1n) is 6.92. The molecule has 0 spiro atoms. The van der Waals surface area contributed by atoms with Crippen molar-refractivity contribution in [3.05, 3.63) is 53.0 Å². The summed E-state index contributed by atoms with van der Waals surface area (Å²) in [7, 11) is 0. The van der Waals surface area contributed by atoms with Crippen molar-refractivity contribution in [2.24, 2.45) is 0 Å². The van der Waals surface area contributed by atoms with Crippen molar-refractivity contribution in [1.82, 2.24) is 0 Å². The van der Waals surface area contributed by atoms with Crippen LogP contribution in [0.2, 0.25) is 0 Å². The van der Waals surface area contributed by atoms with Crippen molar-refractivity contribution in [2.45, 2.75) is 33.6 Å². The van der Waals surface area contributed by atoms with E-state index in [-0.39, 0.29) is 11.7 Å². The van der Waals surface area contributed by atoms with E-state index in [2.05, 4.69) is 5.32 Å². The first-order chi connectivity index (χ1) is 9.95. The fourth-order valence-electron chi connectivity index (χ4n) is 2.20. The Bertz CT molecular complexity index is 670. The van der Waals surface area contributed by atoms with Crippen molar-refractivity contribution in [2.75, 3.05) is 5.32 Å². The van der Waals surface area contributed by atoms with E-state index in [0.717, 1.165) is 11.3 Å². The fraction of sp³-hybridized carbons (Fsp3) is 0.294. The second-order valence-corrected chi connectivity index (χ2v) is 5.16. The fourth-order valence-corrected chi connectivity index (χ4v) is 2.20. The maximum absolute atomic E-state index is 11.9. The van der Waals surface area contributed by atoms with Crippen LogP contribution in [-0.2, 0) is 11.2 Å². The standard InChI is InChI=1S/C17H19NO3/c1-11-5-4-6-14(9-11)18-17(20)8-7-15-10-16(12(2)19)13(3)21-15/h4-6,9-10H,7-8H2,1-3H3,(H,18,20). The van der Waals surface area contributed by atoms with Crippen LogP contribution in [0.4, 0.5) is 5.69 Å². The van der Waals surface area contributed by atoms with Crippen LogP contribution in [0.5, 0.6) is 0 Å². The van der Waals surface area contributed by atoms with E-state index in [0.29, 0.717) is 29.9 Å². The van der Waals surface area contributed by atoms with Crippen LogP contribution in [0.3, 0.4) is 0 Å². The predicted molar refractivity (Wildman–Crippen MR) is 81.6 cm³/mol. The van der Waals surface area contributed by atoms with E-state index in [1.54, 1.807) is 13.0 Å². The third-order valence-corrected chi connectivity index (χ3v) is 3.25. The van der Waals surface area contributed by atoms with E-state index in [4.69, 9.17) is 4.42 Å². The third-order valence-electron chi connectivity index (χ3n) is 3.25. The first kappa shape index (κ1) is 15.0. The minimum atomic E-state index is -0.0703. The number of rotatable bonds is 5. The maximum Gasteiger partial charge on any atom is 0.224 e. The quantitative estimate of drug-likeness (QED) is 0.853. The number of furan rings is 1. The molecule has 0 fully saturated rings. The Labute approximate surface area is 124 Å². The Morgan fingerprint density at radius 3 is 2.57 bits per heavy atom. The molecule has 2 rings (SSSR count). The van der Waals surface area contributed by atoms with Crippen molar-refractivity contribution in [3.63, 3.8) is 0 Å². The van der Waals surface area contributed by atoms with Crippen LogP contribution < -0.4 is 5.32 Å². The highest BCUT2D eigenvalue weighted by Crippen LogP contribution is 2.17. The molecule has 0 aliphatic carbocycles. The molecule has 0 atom stereocenters. The number of ketones is 1. The summed E-state index contributed by atoms with van der Waals surface area (Å²) in [4.78, 5) is 23.3. The summed E-state index contributed by atoms with van der Waals surface area (Å²) in [6.07, 6.45) is 0.796. The van der Waals surface area contributed by atoms with E-state index in [1.165, 1.54) is 6.92 Å². The van der Waals surface area contributed by atoms with Gasteiger partial charge in [-0.15, -0.1) is 0 Å². The number of anilines is 1. The minimum absolute atomic E-state index is 0.0216. The lowest BCUT2D eigenvalue weighted by Crippen LogP contribution is -2.12. The second kappa shape index (κ2) is 6.39. The van der Waals surface area contributed by atoms with Gasteiger partial charge in [-0.05, 0) is 44.5 Å². The monoisotopic (exact) mass is 285 g/mol. The average Bonchev–Trinajstić information content (AvgIpc) is 2.78. The minimum Gasteiger partial charge on any atom is -0.466 e. The molecule has 0 saturated carbocycles. The SMILES string of the molecule is CC(=O)c1cc(CCC(=O)Nc2cccc(C)c2)oc1C. The number of hydrogen-bond acceptors (Lipinski definition) is 3. The lowest BCUT2D eigenvalue weighted by Gasteiger charge is -2.05. The largest absolute Gasteiger partial charge is 0.466 e. The molecule has 0 bridgehead atoms. The van der Waals surface area contributed by atoms with Gasteiger partial charge >= 0.3 is 0 Å². The molecule has 1 heterocycles. The van der Waals surface area contributed by atoms with Crippen LogP contribution in [0.15, 0.2) is 34.7 Å². The summed E-state index contributed by atoms with van der Waals surface area (Å²) in [6.45, 7) is 5.24. The molecule has 0 saturated heterocycles. The van der Waals surface area contributed by atoms with Gasteiger partial charge in [-0.25, -0.2) is 0 Å². The van der Waals surface area contributed by atoms with Crippen LogP contribution in [0.1, 0.15) is 40.8 Å². The molecule has 0 aliphatic heterocycles. The van der Waals surface area contributed by atoms with Gasteiger partial charge in [0.2, 0.25) is 5.91 Å². The highest BCUT2D eigenvalue weighted by atomic mass is 16.3. The lowest BCUT2D eigenvalue weighted by molar-refractivity contribution is -0.116. The second-order valence-electron chi connectivity index (χ2n) is 5.16. The Hall–Kier alpha value is -2.36. The molecule has 0 unspecified atom stereocenters. The normalized spacial score (nSPS) is 10.4. The van der Waals surface area contributed by atoms with E-state index < -0.39 is 0 Å². The number of hydrogen-bond donors (Lipinski definition) is 1. The number of aryl methyl sites for hydroxylation is 3. The topological polar surface area (TPSA) is 59.3 Å². The molecule has 4 heteroatoms. The number of nitrogens with one attached hydrogen (secondary N) is 1. The number of benzene rings is 1. The number of carbonyl (C=O) groups is 2. The molecule has 1 aromatic heterocycles. The Balaban J connectivity index is 1.92. The van der Waals surface area contributed by atoms with Crippen LogP contribution in [0.25, 0.3) is 0 Å². The van der Waals surface area contributed by atoms with E-state index >= 15 is 0 Å². The summed E-state index contributed by atoms with van der Waals surface area (Å²) in [5.41, 5.74) is 2.48. The summed E-state index contributed by atoms with van der Waals surface area (Å²) < 4.78 is 5.49. The summed E-state index contributed by atoms with van der Waals surface area (Å²) in [5.74, 6) is 1.18. The van der Waals surface area contributed by atoms with Gasteiger partial charge in [0.1, 0.15) is 11.5 Å². The highest BCUT2D eigenvalue weighted by Gasteiger charge is 2.12. The van der Waals surface area contributed by atoms with Gasteiger partial charge in [-0.1, -0.05) is 12.1 Å². The summed E-state index contributed by atoms with van der Waals surface area (Å²) in [6, 6.07) is 9.38. The van der Waals surface area contributed by atoms with Gasteiger partial charge in [0.05, 0.1) is 5.56 Å². The molecular formula is C17H19NO3. The zero-order valence-corrected chi connectivity index (χ0v) is 12.5. The van der Waals surface area contributed by atoms with Crippen molar-refractivity contribution in [3.8, 4) is 0 Å². The molecule has 110 valence electrons. The number of carbonyl (C=O) groups excluding carboxylic acids is 2. The lowest BCUT2D eigenvalue weighted by atomic mass is 10.1. The average molecular weight is 285 g/mol.